The van der Waals surface area contributed by atoms with E-state index >= 15 is 0 Å². The molecule has 4 aromatic rings. The minimum absolute atomic E-state index is 0.0107. The highest BCUT2D eigenvalue weighted by Crippen LogP contribution is 2.34. The second kappa shape index (κ2) is 11.6. The van der Waals surface area contributed by atoms with Crippen molar-refractivity contribution in [3.8, 4) is 16.9 Å². The predicted molar refractivity (Wildman–Crippen MR) is 144 cm³/mol. The lowest BCUT2D eigenvalue weighted by atomic mass is 10.0. The summed E-state index contributed by atoms with van der Waals surface area (Å²) in [6.45, 7) is 3.49. The molecular weight excluding hydrogens is 468 g/mol. The molecule has 0 saturated carbocycles. The van der Waals surface area contributed by atoms with Gasteiger partial charge in [0.25, 0.3) is 0 Å². The summed E-state index contributed by atoms with van der Waals surface area (Å²) in [5, 5.41) is 12.9. The van der Waals surface area contributed by atoms with Gasteiger partial charge in [0.2, 0.25) is 5.95 Å². The van der Waals surface area contributed by atoms with Crippen molar-refractivity contribution in [1.29, 1.82) is 0 Å². The maximum absolute atomic E-state index is 9.52. The highest BCUT2D eigenvalue weighted by Gasteiger charge is 2.30. The van der Waals surface area contributed by atoms with Crippen molar-refractivity contribution >= 4 is 22.9 Å². The highest BCUT2D eigenvalue weighted by atomic mass is 16.5. The number of imidazole rings is 1. The highest BCUT2D eigenvalue weighted by molar-refractivity contribution is 5.84. The number of nitrogen functional groups attached to an aromatic ring is 1. The second-order valence-electron chi connectivity index (χ2n) is 9.34. The number of aliphatic hydroxyl groups is 1. The van der Waals surface area contributed by atoms with Gasteiger partial charge in [-0.1, -0.05) is 56.2 Å². The Balaban J connectivity index is 1.29. The Kier molecular flexibility index (Phi) is 7.82. The van der Waals surface area contributed by atoms with Crippen LogP contribution in [0.5, 0.6) is 5.75 Å². The Morgan fingerprint density at radius 1 is 1.11 bits per heavy atom. The van der Waals surface area contributed by atoms with Crippen LogP contribution in [0.3, 0.4) is 0 Å². The van der Waals surface area contributed by atoms with Gasteiger partial charge in [0.1, 0.15) is 18.3 Å². The summed E-state index contributed by atoms with van der Waals surface area (Å²) in [5.74, 6) is 1.84. The maximum Gasteiger partial charge on any atom is 0.207 e. The standard InChI is InChI=1S/C28H34N6O3/c1-2-3-4-14-36-22-7-5-6-21(15-22)20-10-8-19(9-11-20)16-30-28-33-25-26(29)31-18-32-27(25)34(28)24-13-12-23(17-35)37-24/h5-11,15,18,23-24,35H,2-4,12-14,16-17H2,1H3,(H,30,33)(H2,29,31,32)/t23-,24+/m0/s1. The number of ether oxygens (including phenoxy) is 2. The minimum Gasteiger partial charge on any atom is -0.494 e. The third-order valence-corrected chi connectivity index (χ3v) is 6.67. The fraction of sp³-hybridized carbons (Fsp3) is 0.393. The van der Waals surface area contributed by atoms with E-state index in [0.29, 0.717) is 29.5 Å². The number of nitrogens with zero attached hydrogens (tertiary/aromatic N) is 4. The van der Waals surface area contributed by atoms with E-state index in [9.17, 15) is 5.11 Å². The average Bonchev–Trinajstić information content (AvgIpc) is 3.55. The monoisotopic (exact) mass is 502 g/mol. The zero-order valence-corrected chi connectivity index (χ0v) is 21.1. The van der Waals surface area contributed by atoms with Crippen molar-refractivity contribution in [3.63, 3.8) is 0 Å². The van der Waals surface area contributed by atoms with Crippen LogP contribution >= 0.6 is 0 Å². The van der Waals surface area contributed by atoms with Crippen molar-refractivity contribution in [2.75, 3.05) is 24.3 Å². The van der Waals surface area contributed by atoms with E-state index in [-0.39, 0.29) is 18.9 Å². The van der Waals surface area contributed by atoms with Crippen LogP contribution in [-0.4, -0.2) is 43.9 Å². The predicted octanol–water partition coefficient (Wildman–Crippen LogP) is 4.93. The summed E-state index contributed by atoms with van der Waals surface area (Å²) in [4.78, 5) is 13.2. The molecule has 9 nitrogen and oxygen atoms in total. The third kappa shape index (κ3) is 5.68. The van der Waals surface area contributed by atoms with E-state index < -0.39 is 0 Å². The molecule has 9 heteroatoms. The number of rotatable bonds is 11. The van der Waals surface area contributed by atoms with E-state index in [1.165, 1.54) is 19.2 Å². The molecule has 0 bridgehead atoms. The second-order valence-corrected chi connectivity index (χ2v) is 9.34. The number of unbranched alkanes of at least 4 members (excludes halogenated alkanes) is 2. The number of nitrogens with one attached hydrogen (secondary N) is 1. The van der Waals surface area contributed by atoms with Crippen LogP contribution in [0.1, 0.15) is 50.8 Å². The Hall–Kier alpha value is -3.69. The first-order chi connectivity index (χ1) is 18.2. The molecule has 0 radical (unpaired) electrons. The molecule has 194 valence electrons. The van der Waals surface area contributed by atoms with Crippen LogP contribution in [0.4, 0.5) is 11.8 Å². The lowest BCUT2D eigenvalue weighted by Gasteiger charge is -2.17. The van der Waals surface area contributed by atoms with Gasteiger partial charge in [-0.25, -0.2) is 15.0 Å². The van der Waals surface area contributed by atoms with E-state index in [1.807, 2.05) is 16.7 Å². The smallest absolute Gasteiger partial charge is 0.207 e. The SMILES string of the molecule is CCCCCOc1cccc(-c2ccc(CNc3nc4c(N)ncnc4n3[C@H]3CC[C@@H](CO)O3)cc2)c1. The van der Waals surface area contributed by atoms with Gasteiger partial charge in [-0.15, -0.1) is 0 Å². The Morgan fingerprint density at radius 2 is 1.97 bits per heavy atom. The van der Waals surface area contributed by atoms with Gasteiger partial charge in [-0.05, 0) is 48.1 Å². The van der Waals surface area contributed by atoms with E-state index in [4.69, 9.17) is 15.2 Å². The van der Waals surface area contributed by atoms with Crippen molar-refractivity contribution < 1.29 is 14.6 Å². The van der Waals surface area contributed by atoms with Crippen LogP contribution in [-0.2, 0) is 11.3 Å². The molecule has 1 fully saturated rings. The van der Waals surface area contributed by atoms with Crippen molar-refractivity contribution in [1.82, 2.24) is 19.5 Å². The van der Waals surface area contributed by atoms with Gasteiger partial charge < -0.3 is 25.6 Å². The van der Waals surface area contributed by atoms with Crippen LogP contribution in [0.2, 0.25) is 0 Å². The fourth-order valence-corrected chi connectivity index (χ4v) is 4.64. The molecule has 1 saturated heterocycles. The molecule has 5 rings (SSSR count). The zero-order chi connectivity index (χ0) is 25.6. The molecule has 0 amide bonds. The largest absolute Gasteiger partial charge is 0.494 e. The van der Waals surface area contributed by atoms with Gasteiger partial charge in [0.05, 0.1) is 19.3 Å². The molecule has 3 heterocycles. The Morgan fingerprint density at radius 3 is 2.76 bits per heavy atom. The number of anilines is 2. The lowest BCUT2D eigenvalue weighted by Crippen LogP contribution is -2.17. The summed E-state index contributed by atoms with van der Waals surface area (Å²) in [6, 6.07) is 16.7. The molecule has 4 N–H and O–H groups in total. The quantitative estimate of drug-likeness (QED) is 0.247. The molecule has 0 aliphatic carbocycles. The summed E-state index contributed by atoms with van der Waals surface area (Å²) < 4.78 is 13.9. The summed E-state index contributed by atoms with van der Waals surface area (Å²) >= 11 is 0. The van der Waals surface area contributed by atoms with Crippen molar-refractivity contribution in [3.05, 3.63) is 60.4 Å². The molecular formula is C28H34N6O3. The first kappa shape index (κ1) is 25.0. The van der Waals surface area contributed by atoms with Gasteiger partial charge in [0, 0.05) is 6.54 Å². The zero-order valence-electron chi connectivity index (χ0n) is 21.1. The normalized spacial score (nSPS) is 17.4. The number of nitrogens with two attached hydrogens (primary N) is 1. The molecule has 0 unspecified atom stereocenters. The molecule has 2 aromatic heterocycles. The van der Waals surface area contributed by atoms with Gasteiger partial charge >= 0.3 is 0 Å². The topological polar surface area (TPSA) is 120 Å². The number of aliphatic hydroxyl groups excluding tert-OH is 1. The number of benzene rings is 2. The summed E-state index contributed by atoms with van der Waals surface area (Å²) in [6.07, 6.45) is 5.93. The first-order valence-corrected chi connectivity index (χ1v) is 13.0. The van der Waals surface area contributed by atoms with E-state index in [0.717, 1.165) is 48.3 Å². The van der Waals surface area contributed by atoms with Gasteiger partial charge in [0.15, 0.2) is 17.0 Å². The van der Waals surface area contributed by atoms with Gasteiger partial charge in [-0.2, -0.15) is 0 Å². The van der Waals surface area contributed by atoms with Crippen LogP contribution < -0.4 is 15.8 Å². The molecule has 2 atom stereocenters. The van der Waals surface area contributed by atoms with Crippen molar-refractivity contribution in [2.45, 2.75) is 57.9 Å². The molecule has 0 spiro atoms. The molecule has 1 aliphatic rings. The van der Waals surface area contributed by atoms with Crippen LogP contribution in [0, 0.1) is 0 Å². The Labute approximate surface area is 216 Å². The van der Waals surface area contributed by atoms with E-state index in [2.05, 4.69) is 63.6 Å². The Bertz CT molecular complexity index is 1320. The fourth-order valence-electron chi connectivity index (χ4n) is 4.64. The average molecular weight is 503 g/mol. The molecule has 37 heavy (non-hydrogen) atoms. The minimum atomic E-state index is -0.280. The van der Waals surface area contributed by atoms with Crippen LogP contribution in [0.25, 0.3) is 22.3 Å². The number of fused-ring (bicyclic) bond motifs is 1. The first-order valence-electron chi connectivity index (χ1n) is 13.0. The molecule has 1 aliphatic heterocycles. The van der Waals surface area contributed by atoms with E-state index in [1.54, 1.807) is 0 Å². The molecule has 2 aromatic carbocycles. The number of aromatic nitrogens is 4. The maximum atomic E-state index is 9.52. The number of hydrogen-bond acceptors (Lipinski definition) is 8. The lowest BCUT2D eigenvalue weighted by molar-refractivity contribution is -0.0197. The summed E-state index contributed by atoms with van der Waals surface area (Å²) in [5.41, 5.74) is 10.6. The van der Waals surface area contributed by atoms with Gasteiger partial charge in [-0.3, -0.25) is 4.57 Å². The third-order valence-electron chi connectivity index (χ3n) is 6.67. The summed E-state index contributed by atoms with van der Waals surface area (Å²) in [7, 11) is 0. The van der Waals surface area contributed by atoms with Crippen LogP contribution in [0.15, 0.2) is 54.9 Å². The number of hydrogen-bond donors (Lipinski definition) is 3. The van der Waals surface area contributed by atoms with Crippen molar-refractivity contribution in [2.24, 2.45) is 0 Å².